The molecule has 2 aromatic carbocycles. The molecule has 152 valence electrons. The maximum Gasteiger partial charge on any atom is 0.242 e. The molecule has 5 heteroatoms. The van der Waals surface area contributed by atoms with Gasteiger partial charge >= 0.3 is 0 Å². The van der Waals surface area contributed by atoms with Crippen molar-refractivity contribution in [3.8, 4) is 11.5 Å². The van der Waals surface area contributed by atoms with Gasteiger partial charge in [-0.25, -0.2) is 0 Å². The fourth-order valence-electron chi connectivity index (χ4n) is 4.90. The van der Waals surface area contributed by atoms with Crippen molar-refractivity contribution in [3.63, 3.8) is 0 Å². The third-order valence-electron chi connectivity index (χ3n) is 6.30. The number of carbonyl (C=O) groups excluding carboxylic acids is 1. The zero-order valence-electron chi connectivity index (χ0n) is 17.0. The molecule has 1 atom stereocenters. The Labute approximate surface area is 172 Å². The maximum atomic E-state index is 13.3. The number of amides is 1. The highest BCUT2D eigenvalue weighted by molar-refractivity contribution is 5.83. The third kappa shape index (κ3) is 3.54. The van der Waals surface area contributed by atoms with E-state index in [0.29, 0.717) is 19.8 Å². The summed E-state index contributed by atoms with van der Waals surface area (Å²) < 4.78 is 11.4. The van der Waals surface area contributed by atoms with Crippen LogP contribution in [-0.2, 0) is 11.2 Å². The molecule has 0 N–H and O–H groups in total. The fourth-order valence-corrected chi connectivity index (χ4v) is 4.90. The van der Waals surface area contributed by atoms with Gasteiger partial charge in [-0.1, -0.05) is 23.8 Å². The average molecular weight is 392 g/mol. The van der Waals surface area contributed by atoms with Crippen LogP contribution < -0.4 is 14.4 Å². The molecule has 5 rings (SSSR count). The van der Waals surface area contributed by atoms with Crippen LogP contribution >= 0.6 is 0 Å². The lowest BCUT2D eigenvalue weighted by Gasteiger charge is -2.34. The number of carbonyl (C=O) groups is 1. The number of likely N-dealkylation sites (tertiary alicyclic amines) is 1. The van der Waals surface area contributed by atoms with Gasteiger partial charge in [0.15, 0.2) is 11.5 Å². The molecule has 1 unspecified atom stereocenters. The van der Waals surface area contributed by atoms with E-state index in [-0.39, 0.29) is 11.9 Å². The van der Waals surface area contributed by atoms with Gasteiger partial charge in [0.2, 0.25) is 5.91 Å². The summed E-state index contributed by atoms with van der Waals surface area (Å²) in [6.07, 6.45) is 4.25. The van der Waals surface area contributed by atoms with Crippen LogP contribution in [0.3, 0.4) is 0 Å². The molecule has 0 radical (unpaired) electrons. The zero-order valence-corrected chi connectivity index (χ0v) is 17.0. The van der Waals surface area contributed by atoms with Crippen LogP contribution in [-0.4, -0.2) is 43.7 Å². The van der Waals surface area contributed by atoms with Crippen LogP contribution in [0.2, 0.25) is 0 Å². The monoisotopic (exact) mass is 392 g/mol. The Kier molecular flexibility index (Phi) is 4.82. The van der Waals surface area contributed by atoms with Crippen LogP contribution in [0.15, 0.2) is 36.4 Å². The summed E-state index contributed by atoms with van der Waals surface area (Å²) in [6, 6.07) is 12.8. The SMILES string of the molecule is Cc1ccc2c(c1)CCCN2CC(=O)N1CCCC1c1ccc2c(c1)OCCO2. The van der Waals surface area contributed by atoms with Crippen LogP contribution in [0.1, 0.15) is 42.0 Å². The van der Waals surface area contributed by atoms with Crippen molar-refractivity contribution >= 4 is 11.6 Å². The van der Waals surface area contributed by atoms with Crippen LogP contribution in [0.4, 0.5) is 5.69 Å². The molecule has 0 aromatic heterocycles. The van der Waals surface area contributed by atoms with E-state index in [2.05, 4.69) is 47.1 Å². The first-order chi connectivity index (χ1) is 14.2. The lowest BCUT2D eigenvalue weighted by molar-refractivity contribution is -0.130. The van der Waals surface area contributed by atoms with E-state index in [9.17, 15) is 4.79 Å². The molecule has 3 heterocycles. The second kappa shape index (κ2) is 7.62. The highest BCUT2D eigenvalue weighted by Gasteiger charge is 2.32. The third-order valence-corrected chi connectivity index (χ3v) is 6.30. The number of hydrogen-bond donors (Lipinski definition) is 0. The molecule has 3 aliphatic rings. The first-order valence-electron chi connectivity index (χ1n) is 10.7. The molecule has 0 saturated carbocycles. The number of nitrogens with zero attached hydrogens (tertiary/aromatic N) is 2. The van der Waals surface area contributed by atoms with Gasteiger partial charge in [0.05, 0.1) is 12.6 Å². The van der Waals surface area contributed by atoms with Gasteiger partial charge in [-0.3, -0.25) is 4.79 Å². The number of rotatable bonds is 3. The van der Waals surface area contributed by atoms with E-state index >= 15 is 0 Å². The minimum atomic E-state index is 0.126. The van der Waals surface area contributed by atoms with E-state index in [0.717, 1.165) is 55.8 Å². The number of ether oxygens (including phenoxy) is 2. The molecule has 1 fully saturated rings. The lowest BCUT2D eigenvalue weighted by Crippen LogP contribution is -2.42. The Bertz CT molecular complexity index is 926. The van der Waals surface area contributed by atoms with Gasteiger partial charge < -0.3 is 19.3 Å². The van der Waals surface area contributed by atoms with Crippen molar-refractivity contribution in [1.29, 1.82) is 0 Å². The summed E-state index contributed by atoms with van der Waals surface area (Å²) in [7, 11) is 0. The summed E-state index contributed by atoms with van der Waals surface area (Å²) in [5.74, 6) is 1.82. The highest BCUT2D eigenvalue weighted by Crippen LogP contribution is 2.38. The van der Waals surface area contributed by atoms with Gasteiger partial charge in [0.1, 0.15) is 13.2 Å². The van der Waals surface area contributed by atoms with Gasteiger partial charge in [0, 0.05) is 18.8 Å². The normalized spacial score (nSPS) is 20.5. The Morgan fingerprint density at radius 1 is 1.03 bits per heavy atom. The summed E-state index contributed by atoms with van der Waals surface area (Å²) in [5, 5.41) is 0. The first kappa shape index (κ1) is 18.3. The van der Waals surface area contributed by atoms with Crippen molar-refractivity contribution in [2.45, 2.75) is 38.6 Å². The largest absolute Gasteiger partial charge is 0.486 e. The standard InChI is InChI=1S/C24H28N2O3/c1-17-6-8-20-18(14-17)4-2-10-25(20)16-24(27)26-11-3-5-21(26)19-7-9-22-23(15-19)29-13-12-28-22/h6-9,14-15,21H,2-5,10-13,16H2,1H3. The van der Waals surface area contributed by atoms with E-state index in [1.165, 1.54) is 16.8 Å². The van der Waals surface area contributed by atoms with E-state index in [4.69, 9.17) is 9.47 Å². The number of anilines is 1. The second-order valence-corrected chi connectivity index (χ2v) is 8.31. The molecule has 0 aliphatic carbocycles. The number of hydrogen-bond acceptors (Lipinski definition) is 4. The van der Waals surface area contributed by atoms with Gasteiger partial charge in [-0.2, -0.15) is 0 Å². The van der Waals surface area contributed by atoms with Gasteiger partial charge in [-0.15, -0.1) is 0 Å². The zero-order chi connectivity index (χ0) is 19.8. The molecular weight excluding hydrogens is 364 g/mol. The minimum absolute atomic E-state index is 0.126. The van der Waals surface area contributed by atoms with E-state index in [1.807, 2.05) is 6.07 Å². The Hall–Kier alpha value is -2.69. The number of aryl methyl sites for hydroxylation is 2. The fraction of sp³-hybridized carbons (Fsp3) is 0.458. The van der Waals surface area contributed by atoms with Crippen molar-refractivity contribution in [2.24, 2.45) is 0 Å². The minimum Gasteiger partial charge on any atom is -0.486 e. The Morgan fingerprint density at radius 2 is 1.90 bits per heavy atom. The van der Waals surface area contributed by atoms with Gasteiger partial charge in [-0.05, 0) is 61.9 Å². The number of benzene rings is 2. The van der Waals surface area contributed by atoms with E-state index in [1.54, 1.807) is 0 Å². The van der Waals surface area contributed by atoms with Crippen LogP contribution in [0, 0.1) is 6.92 Å². The van der Waals surface area contributed by atoms with Crippen molar-refractivity contribution in [2.75, 3.05) is 37.7 Å². The smallest absolute Gasteiger partial charge is 0.242 e. The van der Waals surface area contributed by atoms with Crippen LogP contribution in [0.25, 0.3) is 0 Å². The van der Waals surface area contributed by atoms with Crippen molar-refractivity contribution in [3.05, 3.63) is 53.1 Å². The second-order valence-electron chi connectivity index (χ2n) is 8.31. The Balaban J connectivity index is 1.34. The molecule has 29 heavy (non-hydrogen) atoms. The lowest BCUT2D eigenvalue weighted by atomic mass is 9.99. The Morgan fingerprint density at radius 3 is 2.79 bits per heavy atom. The van der Waals surface area contributed by atoms with Gasteiger partial charge in [0.25, 0.3) is 0 Å². The summed E-state index contributed by atoms with van der Waals surface area (Å²) in [5.41, 5.74) is 5.03. The molecule has 5 nitrogen and oxygen atoms in total. The molecule has 3 aliphatic heterocycles. The average Bonchev–Trinajstić information content (AvgIpc) is 3.23. The topological polar surface area (TPSA) is 42.0 Å². The van der Waals surface area contributed by atoms with E-state index < -0.39 is 0 Å². The summed E-state index contributed by atoms with van der Waals surface area (Å²) in [4.78, 5) is 17.6. The molecule has 2 aromatic rings. The number of fused-ring (bicyclic) bond motifs is 2. The van der Waals surface area contributed by atoms with Crippen molar-refractivity contribution in [1.82, 2.24) is 4.90 Å². The first-order valence-corrected chi connectivity index (χ1v) is 10.7. The molecule has 0 spiro atoms. The highest BCUT2D eigenvalue weighted by atomic mass is 16.6. The maximum absolute atomic E-state index is 13.3. The molecule has 1 amide bonds. The molecule has 1 saturated heterocycles. The molecular formula is C24H28N2O3. The van der Waals surface area contributed by atoms with Crippen LogP contribution in [0.5, 0.6) is 11.5 Å². The quantitative estimate of drug-likeness (QED) is 0.795. The van der Waals surface area contributed by atoms with Crippen molar-refractivity contribution < 1.29 is 14.3 Å². The predicted molar refractivity (Wildman–Crippen MR) is 113 cm³/mol. The molecule has 0 bridgehead atoms. The summed E-state index contributed by atoms with van der Waals surface area (Å²) >= 11 is 0. The predicted octanol–water partition coefficient (Wildman–Crippen LogP) is 3.88. The summed E-state index contributed by atoms with van der Waals surface area (Å²) in [6.45, 7) is 5.54.